The Kier molecular flexibility index (Phi) is 6.54. The SMILES string of the molecule is CC(C)(C)OC(=O)N1CCCC(OCC(O)Cn2cnc3ccccc3c2=O)C1. The Hall–Kier alpha value is -2.45. The van der Waals surface area contributed by atoms with Crippen molar-refractivity contribution in [2.45, 2.75) is 58.0 Å². The fourth-order valence-corrected chi connectivity index (χ4v) is 3.33. The van der Waals surface area contributed by atoms with Crippen molar-refractivity contribution in [1.82, 2.24) is 14.5 Å². The standard InChI is InChI=1S/C21H29N3O5/c1-21(2,3)29-20(27)23-10-6-7-16(12-23)28-13-15(25)11-24-14-22-18-9-5-4-8-17(18)19(24)26/h4-5,8-9,14-16,25H,6-7,10-13H2,1-3H3. The molecule has 2 heterocycles. The average Bonchev–Trinajstić information content (AvgIpc) is 2.68. The van der Waals surface area contributed by atoms with Crippen LogP contribution in [0, 0.1) is 0 Å². The zero-order valence-electron chi connectivity index (χ0n) is 17.2. The van der Waals surface area contributed by atoms with Gasteiger partial charge in [0.25, 0.3) is 5.56 Å². The van der Waals surface area contributed by atoms with Crippen molar-refractivity contribution >= 4 is 17.0 Å². The highest BCUT2D eigenvalue weighted by Gasteiger charge is 2.28. The van der Waals surface area contributed by atoms with Crippen LogP contribution in [-0.2, 0) is 16.0 Å². The molecule has 1 amide bonds. The van der Waals surface area contributed by atoms with Gasteiger partial charge in [-0.25, -0.2) is 9.78 Å². The monoisotopic (exact) mass is 403 g/mol. The minimum atomic E-state index is -0.854. The summed E-state index contributed by atoms with van der Waals surface area (Å²) < 4.78 is 12.6. The van der Waals surface area contributed by atoms with E-state index in [1.54, 1.807) is 23.1 Å². The van der Waals surface area contributed by atoms with Gasteiger partial charge in [0.05, 0.1) is 49.1 Å². The van der Waals surface area contributed by atoms with Gasteiger partial charge in [-0.2, -0.15) is 0 Å². The predicted octanol–water partition coefficient (Wildman–Crippen LogP) is 2.17. The van der Waals surface area contributed by atoms with Crippen LogP contribution in [-0.4, -0.2) is 63.2 Å². The molecule has 2 unspecified atom stereocenters. The highest BCUT2D eigenvalue weighted by molar-refractivity contribution is 5.76. The Labute approximate surface area is 170 Å². The molecule has 8 nitrogen and oxygen atoms in total. The molecule has 1 aliphatic heterocycles. The maximum absolute atomic E-state index is 12.5. The maximum Gasteiger partial charge on any atom is 0.410 e. The molecule has 1 aliphatic rings. The van der Waals surface area contributed by atoms with E-state index in [1.165, 1.54) is 10.9 Å². The molecule has 2 aromatic rings. The quantitative estimate of drug-likeness (QED) is 0.822. The zero-order chi connectivity index (χ0) is 21.0. The Morgan fingerprint density at radius 1 is 1.34 bits per heavy atom. The van der Waals surface area contributed by atoms with Gasteiger partial charge in [0.1, 0.15) is 5.60 Å². The molecular formula is C21H29N3O5. The molecule has 0 bridgehead atoms. The number of benzene rings is 1. The molecule has 0 radical (unpaired) electrons. The summed E-state index contributed by atoms with van der Waals surface area (Å²) >= 11 is 0. The maximum atomic E-state index is 12.5. The predicted molar refractivity (Wildman–Crippen MR) is 109 cm³/mol. The third-order valence-electron chi connectivity index (χ3n) is 4.69. The molecule has 3 rings (SSSR count). The molecule has 158 valence electrons. The van der Waals surface area contributed by atoms with Gasteiger partial charge in [0, 0.05) is 6.54 Å². The topological polar surface area (TPSA) is 93.9 Å². The highest BCUT2D eigenvalue weighted by atomic mass is 16.6. The Balaban J connectivity index is 1.53. The molecule has 1 fully saturated rings. The third-order valence-corrected chi connectivity index (χ3v) is 4.69. The number of likely N-dealkylation sites (tertiary alicyclic amines) is 1. The van der Waals surface area contributed by atoms with E-state index < -0.39 is 11.7 Å². The lowest BCUT2D eigenvalue weighted by Gasteiger charge is -2.34. The normalized spacial score (nSPS) is 18.6. The first-order valence-electron chi connectivity index (χ1n) is 9.95. The summed E-state index contributed by atoms with van der Waals surface area (Å²) in [6, 6.07) is 7.11. The second kappa shape index (κ2) is 8.92. The second-order valence-corrected chi connectivity index (χ2v) is 8.40. The van der Waals surface area contributed by atoms with Gasteiger partial charge in [-0.15, -0.1) is 0 Å². The lowest BCUT2D eigenvalue weighted by atomic mass is 10.1. The van der Waals surface area contributed by atoms with Crippen molar-refractivity contribution in [2.24, 2.45) is 0 Å². The lowest BCUT2D eigenvalue weighted by molar-refractivity contribution is -0.0486. The van der Waals surface area contributed by atoms with Gasteiger partial charge in [0.15, 0.2) is 0 Å². The van der Waals surface area contributed by atoms with Crippen LogP contribution >= 0.6 is 0 Å². The van der Waals surface area contributed by atoms with E-state index in [9.17, 15) is 14.7 Å². The summed E-state index contributed by atoms with van der Waals surface area (Å²) in [4.78, 5) is 30.7. The number of ether oxygens (including phenoxy) is 2. The van der Waals surface area contributed by atoms with Crippen molar-refractivity contribution < 1.29 is 19.4 Å². The van der Waals surface area contributed by atoms with Crippen molar-refractivity contribution in [3.8, 4) is 0 Å². The zero-order valence-corrected chi connectivity index (χ0v) is 17.2. The molecule has 0 saturated carbocycles. The number of aromatic nitrogens is 2. The van der Waals surface area contributed by atoms with Crippen LogP contribution in [0.15, 0.2) is 35.4 Å². The van der Waals surface area contributed by atoms with Crippen molar-refractivity contribution in [2.75, 3.05) is 19.7 Å². The van der Waals surface area contributed by atoms with Crippen LogP contribution in [0.3, 0.4) is 0 Å². The Bertz CT molecular complexity index is 905. The fourth-order valence-electron chi connectivity index (χ4n) is 3.33. The van der Waals surface area contributed by atoms with E-state index >= 15 is 0 Å². The van der Waals surface area contributed by atoms with Crippen molar-refractivity contribution in [1.29, 1.82) is 0 Å². The van der Waals surface area contributed by atoms with E-state index in [0.717, 1.165) is 12.8 Å². The molecule has 29 heavy (non-hydrogen) atoms. The number of amides is 1. The Morgan fingerprint density at radius 2 is 2.10 bits per heavy atom. The third kappa shape index (κ3) is 5.77. The van der Waals surface area contributed by atoms with Gasteiger partial charge in [0.2, 0.25) is 0 Å². The van der Waals surface area contributed by atoms with E-state index in [2.05, 4.69) is 4.98 Å². The van der Waals surface area contributed by atoms with Crippen LogP contribution in [0.1, 0.15) is 33.6 Å². The smallest absolute Gasteiger partial charge is 0.410 e. The summed E-state index contributed by atoms with van der Waals surface area (Å²) in [6.07, 6.45) is 1.70. The highest BCUT2D eigenvalue weighted by Crippen LogP contribution is 2.17. The number of carbonyl (C=O) groups excluding carboxylic acids is 1. The molecular weight excluding hydrogens is 374 g/mol. The van der Waals surface area contributed by atoms with Crippen LogP contribution in [0.2, 0.25) is 0 Å². The minimum Gasteiger partial charge on any atom is -0.444 e. The summed E-state index contributed by atoms with van der Waals surface area (Å²) in [5.74, 6) is 0. The first-order valence-corrected chi connectivity index (χ1v) is 9.95. The molecule has 0 spiro atoms. The fraction of sp³-hybridized carbons (Fsp3) is 0.571. The molecule has 1 N–H and O–H groups in total. The van der Waals surface area contributed by atoms with Crippen molar-refractivity contribution in [3.05, 3.63) is 40.9 Å². The van der Waals surface area contributed by atoms with E-state index in [-0.39, 0.29) is 30.9 Å². The lowest BCUT2D eigenvalue weighted by Crippen LogP contribution is -2.46. The largest absolute Gasteiger partial charge is 0.444 e. The van der Waals surface area contributed by atoms with Gasteiger partial charge >= 0.3 is 6.09 Å². The number of aliphatic hydroxyl groups excluding tert-OH is 1. The number of para-hydroxylation sites is 1. The number of hydrogen-bond acceptors (Lipinski definition) is 6. The number of nitrogens with zero attached hydrogens (tertiary/aromatic N) is 3. The molecule has 8 heteroatoms. The van der Waals surface area contributed by atoms with Crippen molar-refractivity contribution in [3.63, 3.8) is 0 Å². The molecule has 2 atom stereocenters. The van der Waals surface area contributed by atoms with E-state index in [4.69, 9.17) is 9.47 Å². The van der Waals surface area contributed by atoms with E-state index in [1.807, 2.05) is 26.8 Å². The van der Waals surface area contributed by atoms with Crippen LogP contribution in [0.4, 0.5) is 4.79 Å². The summed E-state index contributed by atoms with van der Waals surface area (Å²) in [5, 5.41) is 10.9. The number of carbonyl (C=O) groups is 1. The molecule has 1 aromatic carbocycles. The average molecular weight is 403 g/mol. The molecule has 1 aromatic heterocycles. The van der Waals surface area contributed by atoms with E-state index in [0.29, 0.717) is 24.0 Å². The number of hydrogen-bond donors (Lipinski definition) is 1. The van der Waals surface area contributed by atoms with Gasteiger partial charge < -0.3 is 19.5 Å². The minimum absolute atomic E-state index is 0.0755. The first kappa shape index (κ1) is 21.3. The van der Waals surface area contributed by atoms with Crippen LogP contribution in [0.5, 0.6) is 0 Å². The number of fused-ring (bicyclic) bond motifs is 1. The van der Waals surface area contributed by atoms with Gasteiger partial charge in [-0.3, -0.25) is 9.36 Å². The number of rotatable bonds is 5. The molecule has 0 aliphatic carbocycles. The summed E-state index contributed by atoms with van der Waals surface area (Å²) in [6.45, 7) is 6.74. The molecule has 1 saturated heterocycles. The summed E-state index contributed by atoms with van der Waals surface area (Å²) in [5.41, 5.74) is -0.102. The Morgan fingerprint density at radius 3 is 2.86 bits per heavy atom. The first-order chi connectivity index (χ1) is 13.7. The number of aliphatic hydroxyl groups is 1. The summed E-state index contributed by atoms with van der Waals surface area (Å²) in [7, 11) is 0. The van der Waals surface area contributed by atoms with Gasteiger partial charge in [-0.1, -0.05) is 12.1 Å². The van der Waals surface area contributed by atoms with Crippen LogP contribution in [0.25, 0.3) is 10.9 Å². The second-order valence-electron chi connectivity index (χ2n) is 8.40. The van der Waals surface area contributed by atoms with Gasteiger partial charge in [-0.05, 0) is 45.7 Å². The number of piperidine rings is 1. The van der Waals surface area contributed by atoms with Crippen LogP contribution < -0.4 is 5.56 Å².